The second-order valence-electron chi connectivity index (χ2n) is 10.9. The van der Waals surface area contributed by atoms with Crippen LogP contribution in [0.2, 0.25) is 0 Å². The number of pyridine rings is 1. The van der Waals surface area contributed by atoms with Crippen LogP contribution in [-0.4, -0.2) is 14.1 Å². The molecule has 0 bridgehead atoms. The Labute approximate surface area is 255 Å². The van der Waals surface area contributed by atoms with Gasteiger partial charge in [-0.2, -0.15) is 4.57 Å². The number of hydrogen-bond donors (Lipinski definition) is 0. The average Bonchev–Trinajstić information content (AvgIpc) is 3.54. The summed E-state index contributed by atoms with van der Waals surface area (Å²) in [6.45, 7) is 14.8. The first-order chi connectivity index (χ1) is 20.9. The summed E-state index contributed by atoms with van der Waals surface area (Å²) in [6, 6.07) is 26.0. The third-order valence-corrected chi connectivity index (χ3v) is 7.58. The highest BCUT2D eigenvalue weighted by atomic mass is 15.1. The van der Waals surface area contributed by atoms with Crippen LogP contribution in [0.3, 0.4) is 0 Å². The van der Waals surface area contributed by atoms with E-state index in [1.165, 1.54) is 39.9 Å². The van der Waals surface area contributed by atoms with Gasteiger partial charge < -0.3 is 4.57 Å². The van der Waals surface area contributed by atoms with E-state index in [0.29, 0.717) is 0 Å². The quantitative estimate of drug-likeness (QED) is 0.185. The number of aryl methyl sites for hydroxylation is 3. The fourth-order valence-electron chi connectivity index (χ4n) is 5.91. The van der Waals surface area contributed by atoms with Gasteiger partial charge in [0.25, 0.3) is 5.82 Å². The van der Waals surface area contributed by atoms with Crippen molar-refractivity contribution in [3.63, 3.8) is 0 Å². The molecule has 0 saturated heterocycles. The van der Waals surface area contributed by atoms with Crippen molar-refractivity contribution in [2.75, 3.05) is 0 Å². The molecule has 0 aliphatic heterocycles. The number of benzene rings is 3. The van der Waals surface area contributed by atoms with E-state index in [9.17, 15) is 0 Å². The van der Waals surface area contributed by atoms with E-state index in [1.807, 2.05) is 25.4 Å². The van der Waals surface area contributed by atoms with Crippen molar-refractivity contribution in [3.8, 4) is 33.9 Å². The van der Waals surface area contributed by atoms with E-state index in [1.54, 1.807) is 0 Å². The molecule has 0 aliphatic rings. The topological polar surface area (TPSA) is 26.6 Å². The lowest BCUT2D eigenvalue weighted by atomic mass is 9.98. The Morgan fingerprint density at radius 2 is 1.58 bits per heavy atom. The van der Waals surface area contributed by atoms with E-state index in [-0.39, 0.29) is 0 Å². The molecule has 0 amide bonds. The summed E-state index contributed by atoms with van der Waals surface area (Å²) < 4.78 is 6.79. The number of imidazole rings is 1. The molecule has 0 saturated carbocycles. The van der Waals surface area contributed by atoms with Crippen molar-refractivity contribution in [2.45, 2.75) is 41.0 Å². The molecule has 0 aliphatic carbocycles. The van der Waals surface area contributed by atoms with Crippen molar-refractivity contribution in [1.29, 1.82) is 0 Å². The van der Waals surface area contributed by atoms with E-state index < -0.39 is 0 Å². The van der Waals surface area contributed by atoms with E-state index >= 15 is 0 Å². The van der Waals surface area contributed by atoms with Crippen LogP contribution in [0.4, 0.5) is 0 Å². The molecule has 6 aromatic rings. The molecule has 3 aromatic carbocycles. The Hall–Kier alpha value is -4.96. The first-order valence-electron chi connectivity index (χ1n) is 15.0. The molecule has 0 unspecified atom stereocenters. The van der Waals surface area contributed by atoms with Gasteiger partial charge in [-0.3, -0.25) is 4.98 Å². The van der Waals surface area contributed by atoms with Gasteiger partial charge in [-0.05, 0) is 91.6 Å². The molecule has 216 valence electrons. The van der Waals surface area contributed by atoms with Gasteiger partial charge in [0.2, 0.25) is 0 Å². The fourth-order valence-corrected chi connectivity index (χ4v) is 5.91. The van der Waals surface area contributed by atoms with Gasteiger partial charge in [0.05, 0.1) is 23.8 Å². The van der Waals surface area contributed by atoms with Crippen LogP contribution in [0.1, 0.15) is 49.6 Å². The lowest BCUT2D eigenvalue weighted by molar-refractivity contribution is -0.659. The molecule has 0 atom stereocenters. The fraction of sp³-hybridized carbons (Fsp3) is 0.179. The molecule has 0 N–H and O–H groups in total. The highest BCUT2D eigenvalue weighted by Gasteiger charge is 2.22. The maximum absolute atomic E-state index is 4.39. The van der Waals surface area contributed by atoms with Crippen LogP contribution in [0.15, 0.2) is 110 Å². The van der Waals surface area contributed by atoms with Gasteiger partial charge in [0.1, 0.15) is 18.1 Å². The molecule has 0 fully saturated rings. The summed E-state index contributed by atoms with van der Waals surface area (Å²) in [5.74, 6) is 1.16. The van der Waals surface area contributed by atoms with Crippen LogP contribution in [0.25, 0.3) is 56.9 Å². The second-order valence-corrected chi connectivity index (χ2v) is 10.9. The van der Waals surface area contributed by atoms with Crippen LogP contribution in [0.5, 0.6) is 0 Å². The van der Waals surface area contributed by atoms with Crippen LogP contribution < -0.4 is 4.57 Å². The summed E-state index contributed by atoms with van der Waals surface area (Å²) in [7, 11) is 2.10. The summed E-state index contributed by atoms with van der Waals surface area (Å²) >= 11 is 0. The first kappa shape index (κ1) is 29.5. The SMILES string of the molecule is C=Cc1c(/C=C\C)n(-c2cccc(-c3cc(C)c(-n4cc[n+](C)c4-c4ccccc4)c(C)c3)c2)c2ccncc12.CCC. The minimum absolute atomic E-state index is 1.09. The lowest BCUT2D eigenvalue weighted by Crippen LogP contribution is -2.29. The number of fused-ring (bicyclic) bond motifs is 1. The highest BCUT2D eigenvalue weighted by Crippen LogP contribution is 2.34. The van der Waals surface area contributed by atoms with Gasteiger partial charge >= 0.3 is 0 Å². The van der Waals surface area contributed by atoms with Crippen molar-refractivity contribution < 1.29 is 4.57 Å². The molecule has 4 heteroatoms. The predicted octanol–water partition coefficient (Wildman–Crippen LogP) is 9.68. The van der Waals surface area contributed by atoms with E-state index in [4.69, 9.17) is 0 Å². The van der Waals surface area contributed by atoms with Crippen molar-refractivity contribution in [1.82, 2.24) is 14.1 Å². The van der Waals surface area contributed by atoms with E-state index in [2.05, 4.69) is 157 Å². The van der Waals surface area contributed by atoms with Crippen LogP contribution in [0, 0.1) is 13.8 Å². The number of allylic oxidation sites excluding steroid dienone is 1. The number of aromatic nitrogens is 4. The zero-order chi connectivity index (χ0) is 30.5. The zero-order valence-corrected chi connectivity index (χ0v) is 26.2. The minimum Gasteiger partial charge on any atom is -0.309 e. The molecule has 4 nitrogen and oxygen atoms in total. The zero-order valence-electron chi connectivity index (χ0n) is 26.2. The Morgan fingerprint density at radius 1 is 0.884 bits per heavy atom. The molecular weight excluding hydrogens is 524 g/mol. The van der Waals surface area contributed by atoms with Gasteiger partial charge in [-0.15, -0.1) is 0 Å². The van der Waals surface area contributed by atoms with Crippen molar-refractivity contribution in [3.05, 3.63) is 133 Å². The number of hydrogen-bond acceptors (Lipinski definition) is 1. The summed E-state index contributed by atoms with van der Waals surface area (Å²) in [6.07, 6.45) is 15.5. The molecule has 3 heterocycles. The molecule has 3 aromatic heterocycles. The highest BCUT2D eigenvalue weighted by molar-refractivity contribution is 5.94. The third-order valence-electron chi connectivity index (χ3n) is 7.58. The van der Waals surface area contributed by atoms with Crippen LogP contribution in [-0.2, 0) is 7.05 Å². The summed E-state index contributed by atoms with van der Waals surface area (Å²) in [4.78, 5) is 4.39. The smallest absolute Gasteiger partial charge is 0.293 e. The van der Waals surface area contributed by atoms with Crippen molar-refractivity contribution in [2.24, 2.45) is 7.05 Å². The van der Waals surface area contributed by atoms with Gasteiger partial charge in [-0.25, -0.2) is 4.57 Å². The van der Waals surface area contributed by atoms with Gasteiger partial charge in [0, 0.05) is 29.0 Å². The molecule has 0 radical (unpaired) electrons. The first-order valence-corrected chi connectivity index (χ1v) is 15.0. The third kappa shape index (κ3) is 5.61. The predicted molar refractivity (Wildman–Crippen MR) is 183 cm³/mol. The normalized spacial score (nSPS) is 11.1. The Kier molecular flexibility index (Phi) is 8.87. The Bertz CT molecular complexity index is 1900. The standard InChI is InChI=1S/C36H33N4.C3H8/c1-6-12-33-31(7-2)32-24-37-18-17-34(32)40(33)30-16-11-15-28(23-30)29-21-25(3)35(26(4)22-29)39-20-19-38(5)36(39)27-13-9-8-10-14-27;1-3-2/h6-24H,2H2,1,3-5H3;3H2,1-2H3/q+1;/b12-6-;. The molecule has 6 rings (SSSR count). The molecule has 43 heavy (non-hydrogen) atoms. The van der Waals surface area contributed by atoms with Gasteiger partial charge in [0.15, 0.2) is 0 Å². The average molecular weight is 566 g/mol. The minimum atomic E-state index is 1.09. The Balaban J connectivity index is 0.00000118. The number of nitrogens with zero attached hydrogens (tertiary/aromatic N) is 4. The molecule has 0 spiro atoms. The number of rotatable bonds is 6. The monoisotopic (exact) mass is 565 g/mol. The molecular formula is C39H41N4+. The maximum atomic E-state index is 4.39. The van der Waals surface area contributed by atoms with Crippen molar-refractivity contribution >= 4 is 23.1 Å². The van der Waals surface area contributed by atoms with Crippen LogP contribution >= 0.6 is 0 Å². The Morgan fingerprint density at radius 3 is 2.26 bits per heavy atom. The second kappa shape index (κ2) is 12.9. The summed E-state index contributed by atoms with van der Waals surface area (Å²) in [5.41, 5.74) is 11.7. The lowest BCUT2D eigenvalue weighted by Gasteiger charge is -2.14. The van der Waals surface area contributed by atoms with E-state index in [0.717, 1.165) is 33.7 Å². The van der Waals surface area contributed by atoms with Gasteiger partial charge in [-0.1, -0.05) is 69.3 Å². The summed E-state index contributed by atoms with van der Waals surface area (Å²) in [5, 5.41) is 1.10. The largest absolute Gasteiger partial charge is 0.309 e. The maximum Gasteiger partial charge on any atom is 0.293 e.